The van der Waals surface area contributed by atoms with E-state index in [9.17, 15) is 0 Å². The molecular weight excluding hydrogens is 218 g/mol. The SMILES string of the molecule is Nc1ccc(Cl)nc1NCC1OCCO1. The molecule has 1 fully saturated rings. The van der Waals surface area contributed by atoms with Gasteiger partial charge in [-0.05, 0) is 12.1 Å². The van der Waals surface area contributed by atoms with Gasteiger partial charge in [-0.1, -0.05) is 11.6 Å². The molecule has 0 radical (unpaired) electrons. The van der Waals surface area contributed by atoms with Gasteiger partial charge in [-0.25, -0.2) is 4.98 Å². The van der Waals surface area contributed by atoms with Crippen LogP contribution in [0.3, 0.4) is 0 Å². The van der Waals surface area contributed by atoms with Gasteiger partial charge in [0.1, 0.15) is 5.15 Å². The number of pyridine rings is 1. The van der Waals surface area contributed by atoms with Crippen LogP contribution in [0.2, 0.25) is 5.15 Å². The molecule has 1 aromatic rings. The molecule has 6 heteroatoms. The van der Waals surface area contributed by atoms with Gasteiger partial charge in [-0.2, -0.15) is 0 Å². The average molecular weight is 230 g/mol. The lowest BCUT2D eigenvalue weighted by atomic mass is 10.4. The fraction of sp³-hybridized carbons (Fsp3) is 0.444. The van der Waals surface area contributed by atoms with Crippen molar-refractivity contribution in [2.24, 2.45) is 0 Å². The van der Waals surface area contributed by atoms with Crippen LogP contribution in [0.15, 0.2) is 12.1 Å². The van der Waals surface area contributed by atoms with Gasteiger partial charge in [0.2, 0.25) is 0 Å². The molecule has 0 bridgehead atoms. The summed E-state index contributed by atoms with van der Waals surface area (Å²) in [6.45, 7) is 1.77. The molecule has 0 aromatic carbocycles. The smallest absolute Gasteiger partial charge is 0.174 e. The van der Waals surface area contributed by atoms with Gasteiger partial charge in [0.15, 0.2) is 12.1 Å². The van der Waals surface area contributed by atoms with Crippen molar-refractivity contribution in [1.29, 1.82) is 0 Å². The molecule has 82 valence electrons. The summed E-state index contributed by atoms with van der Waals surface area (Å²) in [7, 11) is 0. The van der Waals surface area contributed by atoms with Crippen LogP contribution in [0.1, 0.15) is 0 Å². The number of anilines is 2. The van der Waals surface area contributed by atoms with Crippen molar-refractivity contribution in [2.45, 2.75) is 6.29 Å². The summed E-state index contributed by atoms with van der Waals surface area (Å²) in [5, 5.41) is 3.43. The Labute approximate surface area is 92.5 Å². The third-order valence-corrected chi connectivity index (χ3v) is 2.23. The first-order valence-corrected chi connectivity index (χ1v) is 5.02. The van der Waals surface area contributed by atoms with Gasteiger partial charge in [0, 0.05) is 0 Å². The molecule has 0 amide bonds. The Morgan fingerprint density at radius 2 is 2.20 bits per heavy atom. The second-order valence-electron chi connectivity index (χ2n) is 3.12. The first-order chi connectivity index (χ1) is 7.25. The van der Waals surface area contributed by atoms with E-state index in [0.717, 1.165) is 0 Å². The molecule has 3 N–H and O–H groups in total. The van der Waals surface area contributed by atoms with Crippen LogP contribution < -0.4 is 11.1 Å². The molecule has 0 atom stereocenters. The fourth-order valence-corrected chi connectivity index (χ4v) is 1.44. The minimum absolute atomic E-state index is 0.231. The van der Waals surface area contributed by atoms with Crippen molar-refractivity contribution >= 4 is 23.1 Å². The number of nitrogens with zero attached hydrogens (tertiary/aromatic N) is 1. The zero-order chi connectivity index (χ0) is 10.7. The van der Waals surface area contributed by atoms with Crippen LogP contribution in [-0.4, -0.2) is 31.0 Å². The number of ether oxygens (including phenoxy) is 2. The second-order valence-corrected chi connectivity index (χ2v) is 3.51. The highest BCUT2D eigenvalue weighted by atomic mass is 35.5. The predicted octanol–water partition coefficient (Wildman–Crippen LogP) is 1.10. The molecule has 1 aliphatic rings. The number of hydrogen-bond donors (Lipinski definition) is 2. The molecule has 0 spiro atoms. The van der Waals surface area contributed by atoms with Crippen molar-refractivity contribution in [1.82, 2.24) is 4.98 Å². The first-order valence-electron chi connectivity index (χ1n) is 4.65. The van der Waals surface area contributed by atoms with Gasteiger partial charge in [0.25, 0.3) is 0 Å². The van der Waals surface area contributed by atoms with E-state index in [-0.39, 0.29) is 6.29 Å². The molecule has 0 aliphatic carbocycles. The van der Waals surface area contributed by atoms with Gasteiger partial charge in [-0.15, -0.1) is 0 Å². The quantitative estimate of drug-likeness (QED) is 0.760. The number of nitrogens with one attached hydrogen (secondary N) is 1. The molecule has 1 saturated heterocycles. The zero-order valence-corrected chi connectivity index (χ0v) is 8.83. The van der Waals surface area contributed by atoms with Crippen molar-refractivity contribution in [3.63, 3.8) is 0 Å². The largest absolute Gasteiger partial charge is 0.396 e. The van der Waals surface area contributed by atoms with E-state index in [2.05, 4.69) is 10.3 Å². The minimum atomic E-state index is -0.231. The molecule has 5 nitrogen and oxygen atoms in total. The third-order valence-electron chi connectivity index (χ3n) is 2.02. The Morgan fingerprint density at radius 1 is 1.47 bits per heavy atom. The highest BCUT2D eigenvalue weighted by Gasteiger charge is 2.15. The molecular formula is C9H12ClN3O2. The van der Waals surface area contributed by atoms with E-state index in [1.165, 1.54) is 0 Å². The molecule has 2 heterocycles. The van der Waals surface area contributed by atoms with Crippen LogP contribution in [-0.2, 0) is 9.47 Å². The van der Waals surface area contributed by atoms with E-state index >= 15 is 0 Å². The summed E-state index contributed by atoms with van der Waals surface area (Å²) in [5.41, 5.74) is 6.26. The summed E-state index contributed by atoms with van der Waals surface area (Å²) >= 11 is 5.74. The summed E-state index contributed by atoms with van der Waals surface area (Å²) < 4.78 is 10.5. The van der Waals surface area contributed by atoms with Crippen LogP contribution in [0.4, 0.5) is 11.5 Å². The lowest BCUT2D eigenvalue weighted by Crippen LogP contribution is -2.21. The van der Waals surface area contributed by atoms with Crippen molar-refractivity contribution in [2.75, 3.05) is 30.8 Å². The Morgan fingerprint density at radius 3 is 2.93 bits per heavy atom. The summed E-state index contributed by atoms with van der Waals surface area (Å²) in [4.78, 5) is 4.05. The van der Waals surface area contributed by atoms with Gasteiger partial charge < -0.3 is 20.5 Å². The molecule has 15 heavy (non-hydrogen) atoms. The maximum atomic E-state index is 5.74. The van der Waals surface area contributed by atoms with Crippen LogP contribution in [0.5, 0.6) is 0 Å². The van der Waals surface area contributed by atoms with Crippen LogP contribution in [0.25, 0.3) is 0 Å². The lowest BCUT2D eigenvalue weighted by molar-refractivity contribution is -0.0299. The van der Waals surface area contributed by atoms with E-state index in [1.807, 2.05) is 0 Å². The average Bonchev–Trinajstić information content (AvgIpc) is 2.72. The monoisotopic (exact) mass is 229 g/mol. The number of nitrogen functional groups attached to an aromatic ring is 1. The number of rotatable bonds is 3. The number of halogens is 1. The molecule has 2 rings (SSSR count). The minimum Gasteiger partial charge on any atom is -0.396 e. The van der Waals surface area contributed by atoms with Crippen molar-refractivity contribution in [3.05, 3.63) is 17.3 Å². The molecule has 1 aliphatic heterocycles. The Hall–Kier alpha value is -1.04. The molecule has 0 unspecified atom stereocenters. The van der Waals surface area contributed by atoms with E-state index in [1.54, 1.807) is 12.1 Å². The van der Waals surface area contributed by atoms with Crippen LogP contribution >= 0.6 is 11.6 Å². The molecule has 0 saturated carbocycles. The van der Waals surface area contributed by atoms with Crippen molar-refractivity contribution < 1.29 is 9.47 Å². The van der Waals surface area contributed by atoms with Gasteiger partial charge in [0.05, 0.1) is 25.4 Å². The Balaban J connectivity index is 1.94. The van der Waals surface area contributed by atoms with Gasteiger partial charge in [-0.3, -0.25) is 0 Å². The standard InChI is InChI=1S/C9H12ClN3O2/c10-7-2-1-6(11)9(13-7)12-5-8-14-3-4-15-8/h1-2,8H,3-5,11H2,(H,12,13). The fourth-order valence-electron chi connectivity index (χ4n) is 1.29. The number of nitrogens with two attached hydrogens (primary N) is 1. The first kappa shape index (κ1) is 10.5. The maximum absolute atomic E-state index is 5.74. The summed E-state index contributed by atoms with van der Waals surface area (Å²) in [6.07, 6.45) is -0.231. The second kappa shape index (κ2) is 4.65. The lowest BCUT2D eigenvalue weighted by Gasteiger charge is -2.12. The molecule has 1 aromatic heterocycles. The summed E-state index contributed by atoms with van der Waals surface area (Å²) in [6, 6.07) is 3.35. The predicted molar refractivity (Wildman–Crippen MR) is 57.8 cm³/mol. The normalized spacial score (nSPS) is 16.9. The summed E-state index contributed by atoms with van der Waals surface area (Å²) in [5.74, 6) is 0.557. The van der Waals surface area contributed by atoms with Crippen LogP contribution in [0, 0.1) is 0 Å². The van der Waals surface area contributed by atoms with E-state index in [4.69, 9.17) is 26.8 Å². The highest BCUT2D eigenvalue weighted by molar-refractivity contribution is 6.29. The number of hydrogen-bond acceptors (Lipinski definition) is 5. The van der Waals surface area contributed by atoms with E-state index < -0.39 is 0 Å². The highest BCUT2D eigenvalue weighted by Crippen LogP contribution is 2.18. The van der Waals surface area contributed by atoms with Crippen molar-refractivity contribution in [3.8, 4) is 0 Å². The maximum Gasteiger partial charge on any atom is 0.174 e. The third kappa shape index (κ3) is 2.71. The van der Waals surface area contributed by atoms with E-state index in [0.29, 0.717) is 36.4 Å². The van der Waals surface area contributed by atoms with Gasteiger partial charge >= 0.3 is 0 Å². The Kier molecular flexibility index (Phi) is 3.25. The number of aromatic nitrogens is 1. The Bertz CT molecular complexity index is 342. The topological polar surface area (TPSA) is 69.4 Å². The zero-order valence-electron chi connectivity index (χ0n) is 8.07.